The third-order valence-corrected chi connectivity index (χ3v) is 3.74. The van der Waals surface area contributed by atoms with Gasteiger partial charge in [-0.3, -0.25) is 0 Å². The molecule has 1 N–H and O–H groups in total. The Kier molecular flexibility index (Phi) is 4.51. The largest absolute Gasteiger partial charge is 0.494 e. The molecule has 2 aromatic carbocycles. The van der Waals surface area contributed by atoms with Gasteiger partial charge in [0.1, 0.15) is 23.9 Å². The molecule has 120 valence electrons. The summed E-state index contributed by atoms with van der Waals surface area (Å²) in [6.45, 7) is 7.41. The summed E-state index contributed by atoms with van der Waals surface area (Å²) in [7, 11) is 0. The predicted octanol–water partition coefficient (Wildman–Crippen LogP) is 4.66. The van der Waals surface area contributed by atoms with Gasteiger partial charge in [-0.25, -0.2) is 4.98 Å². The van der Waals surface area contributed by atoms with Gasteiger partial charge in [0.25, 0.3) is 0 Å². The SMILES string of the molecule is CCOc1ccc2nc(COc3ccc(C(C)C)cc3)[nH]c2c1. The number of fused-ring (bicyclic) bond motifs is 1. The standard InChI is InChI=1S/C19H22N2O2/c1-4-22-16-9-10-17-18(11-16)21-19(20-17)12-23-15-7-5-14(6-8-15)13(2)3/h5-11,13H,4,12H2,1-3H3,(H,20,21). The highest BCUT2D eigenvalue weighted by Gasteiger charge is 2.06. The molecule has 1 aromatic heterocycles. The van der Waals surface area contributed by atoms with E-state index >= 15 is 0 Å². The molecule has 23 heavy (non-hydrogen) atoms. The minimum atomic E-state index is 0.416. The van der Waals surface area contributed by atoms with Gasteiger partial charge in [-0.15, -0.1) is 0 Å². The van der Waals surface area contributed by atoms with Gasteiger partial charge in [-0.1, -0.05) is 26.0 Å². The maximum absolute atomic E-state index is 5.81. The zero-order valence-electron chi connectivity index (χ0n) is 13.8. The lowest BCUT2D eigenvalue weighted by Gasteiger charge is -2.07. The number of nitrogens with zero attached hydrogens (tertiary/aromatic N) is 1. The van der Waals surface area contributed by atoms with Crippen LogP contribution < -0.4 is 9.47 Å². The minimum Gasteiger partial charge on any atom is -0.494 e. The van der Waals surface area contributed by atoms with E-state index in [9.17, 15) is 0 Å². The highest BCUT2D eigenvalue weighted by Crippen LogP contribution is 2.21. The molecule has 0 unspecified atom stereocenters. The van der Waals surface area contributed by atoms with E-state index in [1.54, 1.807) is 0 Å². The number of H-pyrrole nitrogens is 1. The van der Waals surface area contributed by atoms with Crippen LogP contribution in [0.3, 0.4) is 0 Å². The van der Waals surface area contributed by atoms with Crippen LogP contribution in [0.15, 0.2) is 42.5 Å². The lowest BCUT2D eigenvalue weighted by Crippen LogP contribution is -1.97. The second kappa shape index (κ2) is 6.73. The smallest absolute Gasteiger partial charge is 0.146 e. The summed E-state index contributed by atoms with van der Waals surface area (Å²) in [5, 5.41) is 0. The molecule has 0 atom stereocenters. The first-order chi connectivity index (χ1) is 11.2. The zero-order valence-corrected chi connectivity index (χ0v) is 13.8. The Morgan fingerprint density at radius 1 is 1.00 bits per heavy atom. The van der Waals surface area contributed by atoms with Gasteiger partial charge in [0.15, 0.2) is 0 Å². The van der Waals surface area contributed by atoms with Crippen LogP contribution in [0.2, 0.25) is 0 Å². The van der Waals surface area contributed by atoms with Crippen molar-refractivity contribution in [1.82, 2.24) is 9.97 Å². The predicted molar refractivity (Wildman–Crippen MR) is 92.1 cm³/mol. The van der Waals surface area contributed by atoms with Crippen LogP contribution in [0.1, 0.15) is 38.1 Å². The highest BCUT2D eigenvalue weighted by molar-refractivity contribution is 5.76. The average Bonchev–Trinajstić information content (AvgIpc) is 2.96. The van der Waals surface area contributed by atoms with Crippen molar-refractivity contribution in [3.8, 4) is 11.5 Å². The molecule has 0 amide bonds. The molecule has 0 aliphatic carbocycles. The Hall–Kier alpha value is -2.49. The molecule has 4 heteroatoms. The number of imidazole rings is 1. The average molecular weight is 310 g/mol. The van der Waals surface area contributed by atoms with Crippen LogP contribution in [-0.2, 0) is 6.61 Å². The molecule has 3 rings (SSSR count). The van der Waals surface area contributed by atoms with Crippen LogP contribution in [-0.4, -0.2) is 16.6 Å². The second-order valence-electron chi connectivity index (χ2n) is 5.81. The first kappa shape index (κ1) is 15.4. The van der Waals surface area contributed by atoms with Gasteiger partial charge in [-0.05, 0) is 42.7 Å². The van der Waals surface area contributed by atoms with E-state index in [2.05, 4.69) is 35.9 Å². The van der Waals surface area contributed by atoms with Crippen molar-refractivity contribution in [2.45, 2.75) is 33.3 Å². The fraction of sp³-hybridized carbons (Fsp3) is 0.316. The summed E-state index contributed by atoms with van der Waals surface area (Å²) >= 11 is 0. The Morgan fingerprint density at radius 2 is 1.74 bits per heavy atom. The number of rotatable bonds is 6. The van der Waals surface area contributed by atoms with Gasteiger partial charge in [-0.2, -0.15) is 0 Å². The van der Waals surface area contributed by atoms with Crippen LogP contribution in [0.4, 0.5) is 0 Å². The number of hydrogen-bond donors (Lipinski definition) is 1. The number of aromatic nitrogens is 2. The molecule has 0 saturated heterocycles. The first-order valence-corrected chi connectivity index (χ1v) is 8.00. The van der Waals surface area contributed by atoms with Gasteiger partial charge < -0.3 is 14.5 Å². The lowest BCUT2D eigenvalue weighted by molar-refractivity contribution is 0.297. The highest BCUT2D eigenvalue weighted by atomic mass is 16.5. The summed E-state index contributed by atoms with van der Waals surface area (Å²) in [4.78, 5) is 7.82. The molecule has 3 aromatic rings. The number of nitrogens with one attached hydrogen (secondary N) is 1. The third-order valence-electron chi connectivity index (χ3n) is 3.74. The van der Waals surface area contributed by atoms with Crippen molar-refractivity contribution in [2.24, 2.45) is 0 Å². The first-order valence-electron chi connectivity index (χ1n) is 8.00. The maximum Gasteiger partial charge on any atom is 0.146 e. The number of ether oxygens (including phenoxy) is 2. The van der Waals surface area contributed by atoms with E-state index < -0.39 is 0 Å². The van der Waals surface area contributed by atoms with Crippen molar-refractivity contribution in [1.29, 1.82) is 0 Å². The van der Waals surface area contributed by atoms with Crippen molar-refractivity contribution in [2.75, 3.05) is 6.61 Å². The number of benzene rings is 2. The fourth-order valence-electron chi connectivity index (χ4n) is 2.47. The molecule has 4 nitrogen and oxygen atoms in total. The molecule has 0 bridgehead atoms. The van der Waals surface area contributed by atoms with Crippen molar-refractivity contribution < 1.29 is 9.47 Å². The van der Waals surface area contributed by atoms with Gasteiger partial charge in [0.2, 0.25) is 0 Å². The summed E-state index contributed by atoms with van der Waals surface area (Å²) in [5.74, 6) is 3.03. The van der Waals surface area contributed by atoms with Crippen molar-refractivity contribution >= 4 is 11.0 Å². The Bertz CT molecular complexity index is 776. The van der Waals surface area contributed by atoms with Crippen LogP contribution >= 0.6 is 0 Å². The summed E-state index contributed by atoms with van der Waals surface area (Å²) in [6, 6.07) is 14.1. The minimum absolute atomic E-state index is 0.416. The fourth-order valence-corrected chi connectivity index (χ4v) is 2.47. The number of aromatic amines is 1. The maximum atomic E-state index is 5.81. The van der Waals surface area contributed by atoms with E-state index in [1.165, 1.54) is 5.56 Å². The number of hydrogen-bond acceptors (Lipinski definition) is 3. The monoisotopic (exact) mass is 310 g/mol. The van der Waals surface area contributed by atoms with Gasteiger partial charge >= 0.3 is 0 Å². The molecule has 0 aliphatic heterocycles. The van der Waals surface area contributed by atoms with E-state index in [1.807, 2.05) is 37.3 Å². The summed E-state index contributed by atoms with van der Waals surface area (Å²) < 4.78 is 11.3. The Labute approximate surface area is 136 Å². The van der Waals surface area contributed by atoms with Crippen molar-refractivity contribution in [3.05, 3.63) is 53.9 Å². The molecular weight excluding hydrogens is 288 g/mol. The lowest BCUT2D eigenvalue weighted by atomic mass is 10.0. The van der Waals surface area contributed by atoms with Crippen LogP contribution in [0, 0.1) is 0 Å². The summed E-state index contributed by atoms with van der Waals surface area (Å²) in [5.41, 5.74) is 3.19. The molecular formula is C19H22N2O2. The van der Waals surface area contributed by atoms with E-state index in [4.69, 9.17) is 9.47 Å². The molecule has 0 saturated carbocycles. The molecule has 1 heterocycles. The quantitative estimate of drug-likeness (QED) is 0.720. The van der Waals surface area contributed by atoms with Crippen LogP contribution in [0.5, 0.6) is 11.5 Å². The Morgan fingerprint density at radius 3 is 2.43 bits per heavy atom. The second-order valence-corrected chi connectivity index (χ2v) is 5.81. The topological polar surface area (TPSA) is 47.1 Å². The normalized spacial score (nSPS) is 11.1. The molecule has 0 spiro atoms. The summed E-state index contributed by atoms with van der Waals surface area (Å²) in [6.07, 6.45) is 0. The molecule has 0 fully saturated rings. The van der Waals surface area contributed by atoms with Crippen LogP contribution in [0.25, 0.3) is 11.0 Å². The van der Waals surface area contributed by atoms with Gasteiger partial charge in [0, 0.05) is 6.07 Å². The van der Waals surface area contributed by atoms with E-state index in [0.717, 1.165) is 28.4 Å². The van der Waals surface area contributed by atoms with Crippen molar-refractivity contribution in [3.63, 3.8) is 0 Å². The van der Waals surface area contributed by atoms with Gasteiger partial charge in [0.05, 0.1) is 17.6 Å². The Balaban J connectivity index is 1.69. The van der Waals surface area contributed by atoms with E-state index in [-0.39, 0.29) is 0 Å². The van der Waals surface area contributed by atoms with E-state index in [0.29, 0.717) is 19.1 Å². The zero-order chi connectivity index (χ0) is 16.2. The molecule has 0 aliphatic rings. The molecule has 0 radical (unpaired) electrons. The third kappa shape index (κ3) is 3.65.